The van der Waals surface area contributed by atoms with Gasteiger partial charge in [-0.1, -0.05) is 6.07 Å². The number of carbonyl (C=O) groups excluding carboxylic acids is 1. The largest absolute Gasteiger partial charge is 0.423 e. The third-order valence-electron chi connectivity index (χ3n) is 2.35. The van der Waals surface area contributed by atoms with Crippen molar-refractivity contribution in [2.75, 3.05) is 11.4 Å². The number of aryl methyl sites for hydroxylation is 1. The molecule has 0 fully saturated rings. The summed E-state index contributed by atoms with van der Waals surface area (Å²) in [6, 6.07) is 6.28. The number of benzene rings is 1. The van der Waals surface area contributed by atoms with E-state index in [1.165, 1.54) is 0 Å². The summed E-state index contributed by atoms with van der Waals surface area (Å²) in [4.78, 5) is 16.6. The van der Waals surface area contributed by atoms with Crippen molar-refractivity contribution in [1.29, 1.82) is 0 Å². The summed E-state index contributed by atoms with van der Waals surface area (Å²) in [7, 11) is 0. The first-order valence-corrected chi connectivity index (χ1v) is 4.41. The van der Waals surface area contributed by atoms with Gasteiger partial charge in [0.05, 0.1) is 5.69 Å². The third kappa shape index (κ3) is 0.878. The van der Waals surface area contributed by atoms with Crippen LogP contribution in [0.2, 0.25) is 0 Å². The van der Waals surface area contributed by atoms with Crippen molar-refractivity contribution >= 4 is 17.6 Å². The summed E-state index contributed by atoms with van der Waals surface area (Å²) >= 11 is 0. The monoisotopic (exact) mass is 188 g/mol. The van der Waals surface area contributed by atoms with E-state index < -0.39 is 0 Å². The summed E-state index contributed by atoms with van der Waals surface area (Å²) in [5, 5.41) is 0. The predicted octanol–water partition coefficient (Wildman–Crippen LogP) is 1.09. The highest BCUT2D eigenvalue weighted by molar-refractivity contribution is 6.13. The van der Waals surface area contributed by atoms with E-state index in [0.29, 0.717) is 12.6 Å². The number of nitrogens with zero attached hydrogens (tertiary/aromatic N) is 2. The lowest BCUT2D eigenvalue weighted by Gasteiger charge is -2.07. The molecule has 0 unspecified atom stereocenters. The van der Waals surface area contributed by atoms with Gasteiger partial charge in [-0.25, -0.2) is 0 Å². The molecular weight excluding hydrogens is 180 g/mol. The molecule has 0 bridgehead atoms. The van der Waals surface area contributed by atoms with Gasteiger partial charge in [-0.2, -0.15) is 4.99 Å². The minimum atomic E-state index is -0.146. The van der Waals surface area contributed by atoms with E-state index >= 15 is 0 Å². The molecule has 2 aliphatic rings. The van der Waals surface area contributed by atoms with E-state index in [1.54, 1.807) is 4.90 Å². The van der Waals surface area contributed by atoms with Crippen molar-refractivity contribution in [3.8, 4) is 5.75 Å². The second-order valence-electron chi connectivity index (χ2n) is 3.45. The summed E-state index contributed by atoms with van der Waals surface area (Å²) < 4.78 is 5.41. The number of hydrogen-bond donors (Lipinski definition) is 0. The molecule has 4 nitrogen and oxygen atoms in total. The fourth-order valence-corrected chi connectivity index (χ4v) is 1.69. The highest BCUT2D eigenvalue weighted by atomic mass is 16.5. The molecule has 1 aromatic rings. The molecule has 0 atom stereocenters. The molecule has 2 aliphatic heterocycles. The molecule has 1 aromatic carbocycles. The van der Waals surface area contributed by atoms with Crippen LogP contribution >= 0.6 is 0 Å². The van der Waals surface area contributed by atoms with Crippen LogP contribution in [0.15, 0.2) is 23.2 Å². The van der Waals surface area contributed by atoms with Crippen LogP contribution in [0.5, 0.6) is 5.75 Å². The van der Waals surface area contributed by atoms with E-state index in [1.807, 2.05) is 25.1 Å². The minimum absolute atomic E-state index is 0.146. The first-order valence-electron chi connectivity index (χ1n) is 4.41. The average molecular weight is 188 g/mol. The van der Waals surface area contributed by atoms with Gasteiger partial charge in [0.15, 0.2) is 5.75 Å². The van der Waals surface area contributed by atoms with E-state index in [4.69, 9.17) is 4.74 Å². The van der Waals surface area contributed by atoms with Crippen LogP contribution in [0.25, 0.3) is 0 Å². The first kappa shape index (κ1) is 7.55. The number of aliphatic imine (C=N–C) groups is 1. The topological polar surface area (TPSA) is 41.9 Å². The number of carbonyl (C=O) groups is 1. The van der Waals surface area contributed by atoms with Crippen molar-refractivity contribution in [3.63, 3.8) is 0 Å². The van der Waals surface area contributed by atoms with Gasteiger partial charge in [-0.05, 0) is 24.6 Å². The molecule has 4 heteroatoms. The smallest absolute Gasteiger partial charge is 0.306 e. The number of hydrogen-bond acceptors (Lipinski definition) is 3. The molecular formula is C10H8N2O2. The van der Waals surface area contributed by atoms with Crippen molar-refractivity contribution in [1.82, 2.24) is 0 Å². The molecule has 0 N–H and O–H groups in total. The zero-order chi connectivity index (χ0) is 9.71. The molecule has 2 heterocycles. The van der Waals surface area contributed by atoms with Gasteiger partial charge in [-0.15, -0.1) is 0 Å². The number of ether oxygens (including phenoxy) is 1. The maximum Gasteiger partial charge on any atom is 0.306 e. The molecule has 0 saturated heterocycles. The maximum absolute atomic E-state index is 11.0. The number of rotatable bonds is 0. The molecule has 3 rings (SSSR count). The molecule has 1 amide bonds. The number of anilines is 1. The maximum atomic E-state index is 11.0. The van der Waals surface area contributed by atoms with Crippen molar-refractivity contribution in [2.45, 2.75) is 6.92 Å². The van der Waals surface area contributed by atoms with Crippen LogP contribution in [0.3, 0.4) is 0 Å². The molecule has 14 heavy (non-hydrogen) atoms. The second kappa shape index (κ2) is 2.35. The number of fused-ring (bicyclic) bond motifs is 3. The van der Waals surface area contributed by atoms with Crippen molar-refractivity contribution < 1.29 is 9.53 Å². The standard InChI is InChI=1S/C10H8N2O2/c1-6-2-3-8-7(4-6)12-5-9(13)11-10(12)14-8/h2-4H,5H2,1H3. The number of amides is 1. The lowest BCUT2D eigenvalue weighted by molar-refractivity contribution is -0.115. The van der Waals surface area contributed by atoms with Gasteiger partial charge in [0.25, 0.3) is 5.91 Å². The van der Waals surface area contributed by atoms with Crippen LogP contribution in [-0.4, -0.2) is 18.5 Å². The lowest BCUT2D eigenvalue weighted by atomic mass is 10.2. The zero-order valence-corrected chi connectivity index (χ0v) is 7.65. The Morgan fingerprint density at radius 2 is 2.36 bits per heavy atom. The summed E-state index contributed by atoms with van der Waals surface area (Å²) in [6.45, 7) is 2.30. The van der Waals surface area contributed by atoms with E-state index in [-0.39, 0.29) is 5.91 Å². The summed E-state index contributed by atoms with van der Waals surface area (Å²) in [5.41, 5.74) is 2.09. The fraction of sp³-hybridized carbons (Fsp3) is 0.200. The molecule has 0 radical (unpaired) electrons. The minimum Gasteiger partial charge on any atom is -0.423 e. The van der Waals surface area contributed by atoms with E-state index in [9.17, 15) is 4.79 Å². The van der Waals surface area contributed by atoms with Gasteiger partial charge < -0.3 is 4.74 Å². The highest BCUT2D eigenvalue weighted by Crippen LogP contribution is 2.37. The molecule has 0 aromatic heterocycles. The van der Waals surface area contributed by atoms with Gasteiger partial charge in [0.2, 0.25) is 0 Å². The van der Waals surface area contributed by atoms with Crippen LogP contribution in [0.4, 0.5) is 5.69 Å². The Bertz CT molecular complexity index is 465. The Kier molecular flexibility index (Phi) is 1.27. The van der Waals surface area contributed by atoms with Crippen LogP contribution in [0, 0.1) is 6.92 Å². The van der Waals surface area contributed by atoms with Crippen LogP contribution < -0.4 is 9.64 Å². The lowest BCUT2D eigenvalue weighted by Crippen LogP contribution is -2.25. The zero-order valence-electron chi connectivity index (χ0n) is 7.65. The summed E-state index contributed by atoms with van der Waals surface area (Å²) in [6.07, 6.45) is 0. The van der Waals surface area contributed by atoms with E-state index in [0.717, 1.165) is 17.0 Å². The van der Waals surface area contributed by atoms with Gasteiger partial charge in [-0.3, -0.25) is 9.69 Å². The Labute approximate surface area is 80.8 Å². The summed E-state index contributed by atoms with van der Waals surface area (Å²) in [5.74, 6) is 0.633. The number of amidine groups is 1. The van der Waals surface area contributed by atoms with Crippen molar-refractivity contribution in [3.05, 3.63) is 23.8 Å². The molecule has 0 spiro atoms. The van der Waals surface area contributed by atoms with Gasteiger partial charge in [0.1, 0.15) is 6.54 Å². The van der Waals surface area contributed by atoms with E-state index in [2.05, 4.69) is 4.99 Å². The van der Waals surface area contributed by atoms with Crippen LogP contribution in [-0.2, 0) is 4.79 Å². The van der Waals surface area contributed by atoms with Gasteiger partial charge >= 0.3 is 6.02 Å². The Morgan fingerprint density at radius 3 is 3.21 bits per heavy atom. The normalized spacial score (nSPS) is 17.6. The molecule has 0 saturated carbocycles. The second-order valence-corrected chi connectivity index (χ2v) is 3.45. The Morgan fingerprint density at radius 1 is 1.50 bits per heavy atom. The van der Waals surface area contributed by atoms with Crippen molar-refractivity contribution in [2.24, 2.45) is 4.99 Å². The third-order valence-corrected chi connectivity index (χ3v) is 2.35. The van der Waals surface area contributed by atoms with Gasteiger partial charge in [0, 0.05) is 0 Å². The Balaban J connectivity index is 2.14. The Hall–Kier alpha value is -1.84. The predicted molar refractivity (Wildman–Crippen MR) is 51.6 cm³/mol. The van der Waals surface area contributed by atoms with Crippen LogP contribution in [0.1, 0.15) is 5.56 Å². The fourth-order valence-electron chi connectivity index (χ4n) is 1.69. The molecule has 70 valence electrons. The quantitative estimate of drug-likeness (QED) is 0.612. The highest BCUT2D eigenvalue weighted by Gasteiger charge is 2.34. The molecule has 0 aliphatic carbocycles. The average Bonchev–Trinajstić information content (AvgIpc) is 2.62. The SMILES string of the molecule is Cc1ccc2c(c1)N1CC(=O)N=C1O2. The first-order chi connectivity index (χ1) is 6.74.